The van der Waals surface area contributed by atoms with Crippen molar-refractivity contribution in [2.45, 2.75) is 199 Å². The van der Waals surface area contributed by atoms with Crippen LogP contribution in [0.15, 0.2) is 0 Å². The average molecular weight is 1030 g/mol. The first-order chi connectivity index (χ1) is 33.0. The highest BCUT2D eigenvalue weighted by molar-refractivity contribution is 5.73. The lowest BCUT2D eigenvalue weighted by molar-refractivity contribution is -0.403. The van der Waals surface area contributed by atoms with Crippen molar-refractivity contribution in [2.75, 3.05) is 33.0 Å². The van der Waals surface area contributed by atoms with Crippen LogP contribution in [-0.2, 0) is 61.7 Å². The highest BCUT2D eigenvalue weighted by Gasteiger charge is 2.58. The Morgan fingerprint density at radius 2 is 0.943 bits per heavy atom. The summed E-state index contributed by atoms with van der Waals surface area (Å²) < 4.78 is 64.0. The molecule has 0 bridgehead atoms. The van der Waals surface area contributed by atoms with Crippen LogP contribution in [0.25, 0.3) is 0 Å². The molecule has 6 saturated heterocycles. The van der Waals surface area contributed by atoms with Gasteiger partial charge in [0.15, 0.2) is 37.7 Å². The molecule has 0 saturated carbocycles. The van der Waals surface area contributed by atoms with Crippen LogP contribution in [0.5, 0.6) is 0 Å². The summed E-state index contributed by atoms with van der Waals surface area (Å²) in [6, 6.07) is -3.30. The zero-order valence-corrected chi connectivity index (χ0v) is 37.7. The van der Waals surface area contributed by atoms with Gasteiger partial charge in [-0.3, -0.25) is 9.59 Å². The molecule has 70 heavy (non-hydrogen) atoms. The second-order valence-electron chi connectivity index (χ2n) is 17.8. The number of ether oxygens (including phenoxy) is 11. The van der Waals surface area contributed by atoms with Gasteiger partial charge in [0, 0.05) is 13.8 Å². The van der Waals surface area contributed by atoms with E-state index in [-0.39, 0.29) is 0 Å². The SMILES string of the molecule is CC(=O)N[C@H]1[C@H](O[C@H]2[C@H](O)[C@@H](NC(C)=O)C(O)O[C@@H]2CO)O[C@H](CO)[C@@H](O[C@@H]2O[C@H](CO[C@H]3O[C@H](CO)[C@@H](O)[C@H](O)[C@@H]3O)[C@@H](O)[C@H](O[C@@H]3O[C@@H](C)[C@@H](O)[C@@H](O)[C@@H]3O)[C@@H]2O[C@@H]2OC[C@@H](O)[C@H](O)[C@H]2O)[C@@H]1O. The third-order valence-electron chi connectivity index (χ3n) is 12.8. The van der Waals surface area contributed by atoms with E-state index in [1.54, 1.807) is 0 Å². The predicted octanol–water partition coefficient (Wildman–Crippen LogP) is -12.1. The normalized spacial score (nSPS) is 50.3. The van der Waals surface area contributed by atoms with Gasteiger partial charge in [-0.25, -0.2) is 0 Å². The highest BCUT2D eigenvalue weighted by Crippen LogP contribution is 2.37. The fourth-order valence-electron chi connectivity index (χ4n) is 8.86. The molecule has 2 amide bonds. The molecule has 6 fully saturated rings. The van der Waals surface area contributed by atoms with Crippen LogP contribution < -0.4 is 10.6 Å². The lowest BCUT2D eigenvalue weighted by Gasteiger charge is -2.51. The van der Waals surface area contributed by atoms with E-state index in [1.165, 1.54) is 6.92 Å². The van der Waals surface area contributed by atoms with E-state index >= 15 is 0 Å². The van der Waals surface area contributed by atoms with Gasteiger partial charge in [0.25, 0.3) is 0 Å². The molecule has 406 valence electrons. The fourth-order valence-corrected chi connectivity index (χ4v) is 8.86. The molecule has 6 aliphatic heterocycles. The Balaban J connectivity index is 1.36. The zero-order chi connectivity index (χ0) is 51.6. The summed E-state index contributed by atoms with van der Waals surface area (Å²) in [5.41, 5.74) is 0. The Labute approximate surface area is 397 Å². The largest absolute Gasteiger partial charge is 0.394 e. The molecule has 6 rings (SSSR count). The van der Waals surface area contributed by atoms with Gasteiger partial charge >= 0.3 is 0 Å². The summed E-state index contributed by atoms with van der Waals surface area (Å²) in [6.45, 7) is -0.964. The second kappa shape index (κ2) is 24.5. The van der Waals surface area contributed by atoms with Gasteiger partial charge in [0.1, 0.15) is 134 Å². The van der Waals surface area contributed by atoms with Crippen LogP contribution in [0.1, 0.15) is 20.8 Å². The lowest BCUT2D eigenvalue weighted by atomic mass is 9.93. The number of carbonyl (C=O) groups excluding carboxylic acids is 2. The van der Waals surface area contributed by atoms with Crippen LogP contribution >= 0.6 is 0 Å². The number of amides is 2. The summed E-state index contributed by atoms with van der Waals surface area (Å²) in [6.07, 6.45) is -50.1. The van der Waals surface area contributed by atoms with Crippen molar-refractivity contribution in [1.29, 1.82) is 0 Å². The minimum absolute atomic E-state index is 0.651. The summed E-state index contributed by atoms with van der Waals surface area (Å²) in [4.78, 5) is 24.6. The Kier molecular flexibility index (Phi) is 20.0. The van der Waals surface area contributed by atoms with E-state index < -0.39 is 223 Å². The standard InChI is InChI=1S/C39H66N2O29/c1-9-19(48)25(54)29(58)38(62-9)69-32-22(51)16(8-61-36-28(57)26(55)21(50)13(4-42)64-36)66-39(33(32)70-37-27(56)20(49)12(47)7-60-37)68-31-15(6-44)65-35(18(24(31)53)41-11(3)46)67-30-14(5-43)63-34(59)17(23(30)52)40-10(2)45/h9,12-39,42-44,47-59H,4-8H2,1-3H3,(H,40,45)(H,41,46)/t9-,12+,13+,14+,15+,16+,17+,18+,19+,20-,21+,22+,23+,24+,25+,26-,27+,28-,29-,30+,31+,32-,33-,34?,35-,36-,37-,38-,39-/m0/s1. The van der Waals surface area contributed by atoms with Crippen molar-refractivity contribution in [3.05, 3.63) is 0 Å². The topological polar surface area (TPSA) is 483 Å². The molecule has 0 aliphatic carbocycles. The average Bonchev–Trinajstić information content (AvgIpc) is 3.32. The first-order valence-corrected chi connectivity index (χ1v) is 22.4. The van der Waals surface area contributed by atoms with Crippen molar-refractivity contribution in [3.8, 4) is 0 Å². The minimum Gasteiger partial charge on any atom is -0.394 e. The Hall–Kier alpha value is -2.14. The number of nitrogens with one attached hydrogen (secondary N) is 2. The van der Waals surface area contributed by atoms with Gasteiger partial charge in [-0.2, -0.15) is 0 Å². The summed E-state index contributed by atoms with van der Waals surface area (Å²) in [7, 11) is 0. The number of aliphatic hydroxyl groups excluding tert-OH is 16. The number of hydrogen-bond donors (Lipinski definition) is 18. The monoisotopic (exact) mass is 1030 g/mol. The van der Waals surface area contributed by atoms with E-state index in [1.807, 2.05) is 0 Å². The number of carbonyl (C=O) groups is 2. The Morgan fingerprint density at radius 3 is 1.56 bits per heavy atom. The lowest BCUT2D eigenvalue weighted by Crippen LogP contribution is -2.71. The smallest absolute Gasteiger partial charge is 0.217 e. The van der Waals surface area contributed by atoms with Crippen LogP contribution in [0, 0.1) is 0 Å². The Morgan fingerprint density at radius 1 is 0.457 bits per heavy atom. The highest BCUT2D eigenvalue weighted by atomic mass is 16.8. The van der Waals surface area contributed by atoms with Crippen LogP contribution in [0.2, 0.25) is 0 Å². The molecule has 0 aromatic rings. The zero-order valence-electron chi connectivity index (χ0n) is 37.7. The predicted molar refractivity (Wildman–Crippen MR) is 215 cm³/mol. The van der Waals surface area contributed by atoms with Gasteiger partial charge in [0.05, 0.1) is 39.1 Å². The molecule has 0 aromatic heterocycles. The van der Waals surface area contributed by atoms with E-state index in [0.717, 1.165) is 13.8 Å². The first kappa shape index (κ1) is 57.1. The van der Waals surface area contributed by atoms with Gasteiger partial charge in [-0.05, 0) is 6.92 Å². The second-order valence-corrected chi connectivity index (χ2v) is 17.8. The molecular weight excluding hydrogens is 960 g/mol. The number of hydrogen-bond acceptors (Lipinski definition) is 29. The molecule has 0 spiro atoms. The quantitative estimate of drug-likeness (QED) is 0.0682. The third kappa shape index (κ3) is 12.3. The van der Waals surface area contributed by atoms with E-state index in [9.17, 15) is 91.3 Å². The molecule has 29 atom stereocenters. The van der Waals surface area contributed by atoms with Gasteiger partial charge in [-0.15, -0.1) is 0 Å². The first-order valence-electron chi connectivity index (χ1n) is 22.4. The summed E-state index contributed by atoms with van der Waals surface area (Å²) in [5.74, 6) is -1.54. The van der Waals surface area contributed by atoms with Gasteiger partial charge in [-0.1, -0.05) is 0 Å². The summed E-state index contributed by atoms with van der Waals surface area (Å²) in [5, 5.41) is 176. The fraction of sp³-hybridized carbons (Fsp3) is 0.949. The van der Waals surface area contributed by atoms with Crippen molar-refractivity contribution in [2.24, 2.45) is 0 Å². The maximum atomic E-state index is 12.7. The third-order valence-corrected chi connectivity index (χ3v) is 12.8. The maximum absolute atomic E-state index is 12.7. The molecule has 0 aromatic carbocycles. The molecule has 6 aliphatic rings. The number of rotatable bonds is 16. The van der Waals surface area contributed by atoms with Crippen LogP contribution in [-0.4, -0.2) is 305 Å². The van der Waals surface area contributed by atoms with Crippen molar-refractivity contribution in [1.82, 2.24) is 10.6 Å². The molecule has 6 heterocycles. The molecule has 0 radical (unpaired) electrons. The van der Waals surface area contributed by atoms with Crippen LogP contribution in [0.3, 0.4) is 0 Å². The van der Waals surface area contributed by atoms with E-state index in [0.29, 0.717) is 0 Å². The van der Waals surface area contributed by atoms with Gasteiger partial charge < -0.3 is 144 Å². The number of aliphatic hydroxyl groups is 16. The van der Waals surface area contributed by atoms with E-state index in [2.05, 4.69) is 10.6 Å². The van der Waals surface area contributed by atoms with Crippen molar-refractivity contribution in [3.63, 3.8) is 0 Å². The Bertz CT molecular complexity index is 1680. The van der Waals surface area contributed by atoms with Crippen molar-refractivity contribution < 1.29 is 143 Å². The molecule has 31 heteroatoms. The van der Waals surface area contributed by atoms with Crippen LogP contribution in [0.4, 0.5) is 0 Å². The van der Waals surface area contributed by atoms with Crippen molar-refractivity contribution >= 4 is 11.8 Å². The molecule has 31 nitrogen and oxygen atoms in total. The maximum Gasteiger partial charge on any atom is 0.217 e. The minimum atomic E-state index is -2.15. The summed E-state index contributed by atoms with van der Waals surface area (Å²) >= 11 is 0. The molecule has 18 N–H and O–H groups in total. The molecular formula is C39H66N2O29. The van der Waals surface area contributed by atoms with E-state index in [4.69, 9.17) is 52.1 Å². The molecule has 1 unspecified atom stereocenters. The van der Waals surface area contributed by atoms with Gasteiger partial charge in [0.2, 0.25) is 11.8 Å².